The van der Waals surface area contributed by atoms with Crippen molar-refractivity contribution in [2.75, 3.05) is 19.0 Å². The van der Waals surface area contributed by atoms with Gasteiger partial charge in [0.05, 0.1) is 12.7 Å². The second kappa shape index (κ2) is 4.11. The minimum Gasteiger partial charge on any atom is -0.497 e. The first-order valence-corrected chi connectivity index (χ1v) is 5.32. The summed E-state index contributed by atoms with van der Waals surface area (Å²) in [6.07, 6.45) is 2.97. The summed E-state index contributed by atoms with van der Waals surface area (Å²) in [6.45, 7) is 0.638. The third-order valence-corrected chi connectivity index (χ3v) is 3.00. The molecule has 0 heterocycles. The lowest BCUT2D eigenvalue weighted by Crippen LogP contribution is -2.43. The van der Waals surface area contributed by atoms with Crippen molar-refractivity contribution in [1.82, 2.24) is 0 Å². The van der Waals surface area contributed by atoms with Crippen LogP contribution in [0.5, 0.6) is 5.75 Å². The zero-order valence-corrected chi connectivity index (χ0v) is 8.99. The van der Waals surface area contributed by atoms with Gasteiger partial charge in [0.25, 0.3) is 0 Å². The molecule has 2 rings (SSSR count). The van der Waals surface area contributed by atoms with Crippen LogP contribution in [0.2, 0.25) is 0 Å². The van der Waals surface area contributed by atoms with Gasteiger partial charge in [-0.15, -0.1) is 0 Å². The molecule has 0 radical (unpaired) electrons. The van der Waals surface area contributed by atoms with Crippen LogP contribution >= 0.6 is 0 Å². The minimum absolute atomic E-state index is 0.472. The van der Waals surface area contributed by atoms with Crippen LogP contribution in [0, 0.1) is 0 Å². The molecule has 1 fully saturated rings. The lowest BCUT2D eigenvalue weighted by atomic mass is 9.80. The van der Waals surface area contributed by atoms with Crippen molar-refractivity contribution in [3.8, 4) is 5.75 Å². The molecule has 0 unspecified atom stereocenters. The normalized spacial score (nSPS) is 18.0. The van der Waals surface area contributed by atoms with Crippen molar-refractivity contribution >= 4 is 5.69 Å². The van der Waals surface area contributed by atoms with Crippen LogP contribution in [0.3, 0.4) is 0 Å². The average Bonchev–Trinajstić information content (AvgIpc) is 2.24. The first kappa shape index (κ1) is 10.3. The third-order valence-electron chi connectivity index (χ3n) is 3.00. The predicted molar refractivity (Wildman–Crippen MR) is 60.3 cm³/mol. The summed E-state index contributed by atoms with van der Waals surface area (Å²) in [5.74, 6) is 0.850. The van der Waals surface area contributed by atoms with Gasteiger partial charge in [0.15, 0.2) is 0 Å². The van der Waals surface area contributed by atoms with E-state index in [1.54, 1.807) is 7.11 Å². The molecule has 0 saturated heterocycles. The molecular formula is C12H17NO2. The van der Waals surface area contributed by atoms with Gasteiger partial charge in [0, 0.05) is 12.2 Å². The monoisotopic (exact) mass is 207 g/mol. The largest absolute Gasteiger partial charge is 0.497 e. The molecule has 1 aliphatic carbocycles. The summed E-state index contributed by atoms with van der Waals surface area (Å²) in [6, 6.07) is 7.74. The summed E-state index contributed by atoms with van der Waals surface area (Å²) < 4.78 is 5.07. The van der Waals surface area contributed by atoms with E-state index in [0.717, 1.165) is 30.7 Å². The Bertz CT molecular complexity index is 317. The van der Waals surface area contributed by atoms with Crippen LogP contribution in [-0.2, 0) is 0 Å². The quantitative estimate of drug-likeness (QED) is 0.793. The maximum absolute atomic E-state index is 9.88. The molecule has 0 aromatic heterocycles. The van der Waals surface area contributed by atoms with Gasteiger partial charge in [-0.1, -0.05) is 0 Å². The lowest BCUT2D eigenvalue weighted by Gasteiger charge is -2.36. The van der Waals surface area contributed by atoms with E-state index in [-0.39, 0.29) is 0 Å². The second-order valence-corrected chi connectivity index (χ2v) is 4.16. The molecule has 0 amide bonds. The fraction of sp³-hybridized carbons (Fsp3) is 0.500. The van der Waals surface area contributed by atoms with Crippen LogP contribution in [-0.4, -0.2) is 24.4 Å². The summed E-state index contributed by atoms with van der Waals surface area (Å²) in [4.78, 5) is 0. The van der Waals surface area contributed by atoms with E-state index in [9.17, 15) is 5.11 Å². The molecule has 0 aliphatic heterocycles. The van der Waals surface area contributed by atoms with Crippen LogP contribution in [0.25, 0.3) is 0 Å². The number of ether oxygens (including phenoxy) is 1. The van der Waals surface area contributed by atoms with Crippen LogP contribution in [0.4, 0.5) is 5.69 Å². The molecule has 3 nitrogen and oxygen atoms in total. The SMILES string of the molecule is COc1ccc(NCC2(O)CCC2)cc1. The molecule has 15 heavy (non-hydrogen) atoms. The van der Waals surface area contributed by atoms with Gasteiger partial charge in [0.2, 0.25) is 0 Å². The van der Waals surface area contributed by atoms with Gasteiger partial charge < -0.3 is 15.2 Å². The third kappa shape index (κ3) is 2.42. The van der Waals surface area contributed by atoms with Gasteiger partial charge in [0.1, 0.15) is 5.75 Å². The number of methoxy groups -OCH3 is 1. The van der Waals surface area contributed by atoms with E-state index in [0.29, 0.717) is 6.54 Å². The van der Waals surface area contributed by atoms with Crippen LogP contribution in [0.15, 0.2) is 24.3 Å². The first-order valence-electron chi connectivity index (χ1n) is 5.32. The smallest absolute Gasteiger partial charge is 0.119 e. The molecule has 3 heteroatoms. The Hall–Kier alpha value is -1.22. The summed E-state index contributed by atoms with van der Waals surface area (Å²) >= 11 is 0. The number of hydrogen-bond donors (Lipinski definition) is 2. The van der Waals surface area contributed by atoms with Crippen molar-refractivity contribution in [2.45, 2.75) is 24.9 Å². The summed E-state index contributed by atoms with van der Waals surface area (Å²) in [7, 11) is 1.65. The fourth-order valence-corrected chi connectivity index (χ4v) is 1.74. The van der Waals surface area contributed by atoms with Gasteiger partial charge in [-0.3, -0.25) is 0 Å². The number of hydrogen-bond acceptors (Lipinski definition) is 3. The molecule has 0 spiro atoms. The number of aliphatic hydroxyl groups is 1. The van der Waals surface area contributed by atoms with Gasteiger partial charge >= 0.3 is 0 Å². The van der Waals surface area contributed by atoms with Gasteiger partial charge in [-0.25, -0.2) is 0 Å². The Labute approximate surface area is 90.1 Å². The van der Waals surface area contributed by atoms with E-state index in [4.69, 9.17) is 4.74 Å². The van der Waals surface area contributed by atoms with E-state index in [1.807, 2.05) is 24.3 Å². The predicted octanol–water partition coefficient (Wildman–Crippen LogP) is 2.02. The van der Waals surface area contributed by atoms with Crippen molar-refractivity contribution < 1.29 is 9.84 Å². The molecule has 1 saturated carbocycles. The summed E-state index contributed by atoms with van der Waals surface area (Å²) in [5.41, 5.74) is 0.552. The van der Waals surface area contributed by atoms with Gasteiger partial charge in [-0.05, 0) is 43.5 Å². The fourth-order valence-electron chi connectivity index (χ4n) is 1.74. The van der Waals surface area contributed by atoms with Gasteiger partial charge in [-0.2, -0.15) is 0 Å². The highest BCUT2D eigenvalue weighted by Crippen LogP contribution is 2.31. The molecule has 1 aliphatic rings. The zero-order valence-electron chi connectivity index (χ0n) is 8.99. The molecule has 1 aromatic carbocycles. The second-order valence-electron chi connectivity index (χ2n) is 4.16. The highest BCUT2D eigenvalue weighted by Gasteiger charge is 2.33. The topological polar surface area (TPSA) is 41.5 Å². The number of nitrogens with one attached hydrogen (secondary N) is 1. The van der Waals surface area contributed by atoms with E-state index < -0.39 is 5.60 Å². The van der Waals surface area contributed by atoms with E-state index in [1.165, 1.54) is 0 Å². The number of rotatable bonds is 4. The van der Waals surface area contributed by atoms with Crippen molar-refractivity contribution in [1.29, 1.82) is 0 Å². The molecule has 82 valence electrons. The lowest BCUT2D eigenvalue weighted by molar-refractivity contribution is -0.0201. The van der Waals surface area contributed by atoms with Crippen LogP contribution < -0.4 is 10.1 Å². The Balaban J connectivity index is 1.87. The number of benzene rings is 1. The minimum atomic E-state index is -0.472. The van der Waals surface area contributed by atoms with E-state index in [2.05, 4.69) is 5.32 Å². The van der Waals surface area contributed by atoms with E-state index >= 15 is 0 Å². The molecule has 0 bridgehead atoms. The Morgan fingerprint density at radius 2 is 2.00 bits per heavy atom. The molecule has 2 N–H and O–H groups in total. The van der Waals surface area contributed by atoms with Crippen molar-refractivity contribution in [3.63, 3.8) is 0 Å². The Kier molecular flexibility index (Phi) is 2.82. The summed E-state index contributed by atoms with van der Waals surface area (Å²) in [5, 5.41) is 13.1. The molecular weight excluding hydrogens is 190 g/mol. The highest BCUT2D eigenvalue weighted by atomic mass is 16.5. The average molecular weight is 207 g/mol. The highest BCUT2D eigenvalue weighted by molar-refractivity contribution is 5.46. The number of anilines is 1. The Morgan fingerprint density at radius 1 is 1.33 bits per heavy atom. The zero-order chi connectivity index (χ0) is 10.7. The standard InChI is InChI=1S/C12H17NO2/c1-15-11-5-3-10(4-6-11)13-9-12(14)7-2-8-12/h3-6,13-14H,2,7-9H2,1H3. The maximum atomic E-state index is 9.88. The molecule has 0 atom stereocenters. The van der Waals surface area contributed by atoms with Crippen LogP contribution in [0.1, 0.15) is 19.3 Å². The van der Waals surface area contributed by atoms with Crippen molar-refractivity contribution in [3.05, 3.63) is 24.3 Å². The molecule has 1 aromatic rings. The first-order chi connectivity index (χ1) is 7.22. The Morgan fingerprint density at radius 3 is 2.47 bits per heavy atom. The maximum Gasteiger partial charge on any atom is 0.119 e. The van der Waals surface area contributed by atoms with Crippen molar-refractivity contribution in [2.24, 2.45) is 0 Å².